The molecule has 0 unspecified atom stereocenters. The smallest absolute Gasteiger partial charge is 0.309 e. The molecule has 0 atom stereocenters. The van der Waals surface area contributed by atoms with Crippen LogP contribution in [0.2, 0.25) is 0 Å². The van der Waals surface area contributed by atoms with Crippen molar-refractivity contribution in [3.8, 4) is 5.69 Å². The predicted molar refractivity (Wildman–Crippen MR) is 113 cm³/mol. The third kappa shape index (κ3) is 4.11. The standard InChI is InChI=1S/C22H18F3N5O2/c1-13-10-19(30(27-13)16-7-5-6-15(11-16)22(23,24)25)26-20(31)12-29-21(32)18-9-4-3-8-17(18)14(2)28-29/h3-11H,12H2,1-2H3,(H,26,31). The molecule has 1 N–H and O–H groups in total. The zero-order valence-corrected chi connectivity index (χ0v) is 17.1. The van der Waals surface area contributed by atoms with Crippen molar-refractivity contribution in [1.82, 2.24) is 19.6 Å². The Labute approximate surface area is 180 Å². The van der Waals surface area contributed by atoms with E-state index in [2.05, 4.69) is 15.5 Å². The van der Waals surface area contributed by atoms with Gasteiger partial charge in [0.1, 0.15) is 12.4 Å². The van der Waals surface area contributed by atoms with Gasteiger partial charge in [-0.05, 0) is 38.1 Å². The van der Waals surface area contributed by atoms with E-state index < -0.39 is 23.2 Å². The molecule has 7 nitrogen and oxygen atoms in total. The van der Waals surface area contributed by atoms with Crippen LogP contribution in [0.5, 0.6) is 0 Å². The highest BCUT2D eigenvalue weighted by molar-refractivity contribution is 5.90. The summed E-state index contributed by atoms with van der Waals surface area (Å²) in [6, 6.07) is 13.1. The Hall–Kier alpha value is -3.95. The molecule has 4 rings (SSSR count). The molecule has 0 fully saturated rings. The van der Waals surface area contributed by atoms with Crippen LogP contribution in [0.1, 0.15) is 17.0 Å². The van der Waals surface area contributed by atoms with Crippen LogP contribution in [0.4, 0.5) is 19.0 Å². The van der Waals surface area contributed by atoms with E-state index >= 15 is 0 Å². The second-order valence-electron chi connectivity index (χ2n) is 7.27. The fourth-order valence-corrected chi connectivity index (χ4v) is 3.43. The summed E-state index contributed by atoms with van der Waals surface area (Å²) in [7, 11) is 0. The minimum Gasteiger partial charge on any atom is -0.309 e. The van der Waals surface area contributed by atoms with E-state index in [9.17, 15) is 22.8 Å². The van der Waals surface area contributed by atoms with Crippen molar-refractivity contribution in [3.63, 3.8) is 0 Å². The molecule has 0 bridgehead atoms. The second kappa shape index (κ2) is 7.95. The molecule has 0 aliphatic heterocycles. The molecule has 164 valence electrons. The van der Waals surface area contributed by atoms with E-state index in [4.69, 9.17) is 0 Å². The highest BCUT2D eigenvalue weighted by Gasteiger charge is 2.30. The molecule has 0 saturated carbocycles. The van der Waals surface area contributed by atoms with Crippen LogP contribution in [0, 0.1) is 13.8 Å². The lowest BCUT2D eigenvalue weighted by Gasteiger charge is -2.12. The molecule has 0 saturated heterocycles. The van der Waals surface area contributed by atoms with Gasteiger partial charge in [-0.2, -0.15) is 23.4 Å². The number of anilines is 1. The molecule has 0 aliphatic carbocycles. The van der Waals surface area contributed by atoms with Crippen molar-refractivity contribution in [2.75, 3.05) is 5.32 Å². The molecule has 0 aliphatic rings. The fourth-order valence-electron chi connectivity index (χ4n) is 3.43. The molecular formula is C22H18F3N5O2. The number of hydrogen-bond acceptors (Lipinski definition) is 4. The van der Waals surface area contributed by atoms with Gasteiger partial charge in [-0.15, -0.1) is 0 Å². The number of aromatic nitrogens is 4. The Kier molecular flexibility index (Phi) is 5.29. The summed E-state index contributed by atoms with van der Waals surface area (Å²) in [6.07, 6.45) is -4.51. The number of alkyl halides is 3. The maximum absolute atomic E-state index is 13.1. The van der Waals surface area contributed by atoms with Gasteiger partial charge >= 0.3 is 6.18 Å². The normalized spacial score (nSPS) is 11.7. The highest BCUT2D eigenvalue weighted by Crippen LogP contribution is 2.31. The lowest BCUT2D eigenvalue weighted by Crippen LogP contribution is -2.30. The highest BCUT2D eigenvalue weighted by atomic mass is 19.4. The van der Waals surface area contributed by atoms with Gasteiger partial charge in [-0.25, -0.2) is 9.36 Å². The quantitative estimate of drug-likeness (QED) is 0.522. The van der Waals surface area contributed by atoms with Gasteiger partial charge in [0.15, 0.2) is 0 Å². The second-order valence-corrected chi connectivity index (χ2v) is 7.27. The number of rotatable bonds is 4. The molecule has 1 amide bonds. The van der Waals surface area contributed by atoms with Gasteiger partial charge in [-0.3, -0.25) is 9.59 Å². The lowest BCUT2D eigenvalue weighted by atomic mass is 10.1. The molecule has 0 radical (unpaired) electrons. The molecule has 2 heterocycles. The van der Waals surface area contributed by atoms with Crippen LogP contribution in [-0.4, -0.2) is 25.5 Å². The Bertz CT molecular complexity index is 1390. The number of amides is 1. The van der Waals surface area contributed by atoms with Crippen LogP contribution < -0.4 is 10.9 Å². The van der Waals surface area contributed by atoms with Crippen LogP contribution >= 0.6 is 0 Å². The van der Waals surface area contributed by atoms with E-state index in [1.165, 1.54) is 22.9 Å². The summed E-state index contributed by atoms with van der Waals surface area (Å²) in [5.41, 5.74) is -0.0146. The number of carbonyl (C=O) groups excluding carboxylic acids is 1. The minimum absolute atomic E-state index is 0.139. The average molecular weight is 441 g/mol. The SMILES string of the molecule is Cc1cc(NC(=O)Cn2nc(C)c3ccccc3c2=O)n(-c2cccc(C(F)(F)F)c2)n1. The van der Waals surface area contributed by atoms with Crippen molar-refractivity contribution < 1.29 is 18.0 Å². The Balaban J connectivity index is 1.63. The Morgan fingerprint density at radius 3 is 2.44 bits per heavy atom. The molecule has 4 aromatic rings. The first kappa shape index (κ1) is 21.3. The van der Waals surface area contributed by atoms with Gasteiger partial charge < -0.3 is 5.32 Å². The molecule has 0 spiro atoms. The first-order valence-corrected chi connectivity index (χ1v) is 9.64. The van der Waals surface area contributed by atoms with Gasteiger partial charge in [-0.1, -0.05) is 24.3 Å². The van der Waals surface area contributed by atoms with Crippen LogP contribution in [0.25, 0.3) is 16.5 Å². The van der Waals surface area contributed by atoms with E-state index in [-0.39, 0.29) is 18.1 Å². The topological polar surface area (TPSA) is 81.8 Å². The van der Waals surface area contributed by atoms with Gasteiger partial charge in [0, 0.05) is 11.5 Å². The fraction of sp³-hybridized carbons (Fsp3) is 0.182. The summed E-state index contributed by atoms with van der Waals surface area (Å²) in [4.78, 5) is 25.4. The molecular weight excluding hydrogens is 423 g/mol. The van der Waals surface area contributed by atoms with Crippen molar-refractivity contribution in [3.05, 3.63) is 81.9 Å². The maximum atomic E-state index is 13.1. The van der Waals surface area contributed by atoms with Crippen LogP contribution in [0.3, 0.4) is 0 Å². The van der Waals surface area contributed by atoms with Crippen LogP contribution in [0.15, 0.2) is 59.4 Å². The lowest BCUT2D eigenvalue weighted by molar-refractivity contribution is -0.137. The van der Waals surface area contributed by atoms with Gasteiger partial charge in [0.05, 0.1) is 28.0 Å². The monoisotopic (exact) mass is 441 g/mol. The zero-order valence-electron chi connectivity index (χ0n) is 17.1. The van der Waals surface area contributed by atoms with Gasteiger partial charge in [0.25, 0.3) is 5.56 Å². The minimum atomic E-state index is -4.51. The third-order valence-electron chi connectivity index (χ3n) is 4.86. The van der Waals surface area contributed by atoms with E-state index in [1.54, 1.807) is 38.1 Å². The number of fused-ring (bicyclic) bond motifs is 1. The molecule has 2 aromatic heterocycles. The number of benzene rings is 2. The summed E-state index contributed by atoms with van der Waals surface area (Å²) < 4.78 is 41.5. The Morgan fingerprint density at radius 2 is 1.72 bits per heavy atom. The average Bonchev–Trinajstić information content (AvgIpc) is 3.11. The van der Waals surface area contributed by atoms with Crippen molar-refractivity contribution in [2.24, 2.45) is 0 Å². The van der Waals surface area contributed by atoms with Crippen molar-refractivity contribution in [1.29, 1.82) is 0 Å². The van der Waals surface area contributed by atoms with E-state index in [1.807, 2.05) is 0 Å². The summed E-state index contributed by atoms with van der Waals surface area (Å²) in [6.45, 7) is 3.03. The Morgan fingerprint density at radius 1 is 1.00 bits per heavy atom. The molecule has 32 heavy (non-hydrogen) atoms. The summed E-state index contributed by atoms with van der Waals surface area (Å²) >= 11 is 0. The van der Waals surface area contributed by atoms with E-state index in [0.29, 0.717) is 22.2 Å². The number of carbonyl (C=O) groups is 1. The van der Waals surface area contributed by atoms with E-state index in [0.717, 1.165) is 16.8 Å². The van der Waals surface area contributed by atoms with Gasteiger partial charge in [0.2, 0.25) is 5.91 Å². The first-order chi connectivity index (χ1) is 15.1. The zero-order chi connectivity index (χ0) is 23.0. The molecule has 2 aromatic carbocycles. The number of halogens is 3. The largest absolute Gasteiger partial charge is 0.416 e. The predicted octanol–water partition coefficient (Wildman–Crippen LogP) is 3.86. The number of hydrogen-bond donors (Lipinski definition) is 1. The molecule has 10 heteroatoms. The maximum Gasteiger partial charge on any atom is 0.416 e. The first-order valence-electron chi connectivity index (χ1n) is 9.64. The number of nitrogens with zero attached hydrogens (tertiary/aromatic N) is 4. The van der Waals surface area contributed by atoms with Crippen molar-refractivity contribution in [2.45, 2.75) is 26.6 Å². The van der Waals surface area contributed by atoms with Crippen LogP contribution in [-0.2, 0) is 17.5 Å². The number of nitrogens with one attached hydrogen (secondary N) is 1. The third-order valence-corrected chi connectivity index (χ3v) is 4.86. The summed E-state index contributed by atoms with van der Waals surface area (Å²) in [5, 5.41) is 12.1. The van der Waals surface area contributed by atoms with Crippen molar-refractivity contribution >= 4 is 22.5 Å². The number of aryl methyl sites for hydroxylation is 2. The summed E-state index contributed by atoms with van der Waals surface area (Å²) in [5.74, 6) is -0.389.